The quantitative estimate of drug-likeness (QED) is 0.419. The summed E-state index contributed by atoms with van der Waals surface area (Å²) in [5.74, 6) is -0.362. The van der Waals surface area contributed by atoms with Crippen LogP contribution in [0.2, 0.25) is 0 Å². The van der Waals surface area contributed by atoms with E-state index in [1.165, 1.54) is 6.07 Å². The zero-order valence-electron chi connectivity index (χ0n) is 14.8. The molecule has 1 aromatic carbocycles. The number of rotatable bonds is 7. The third-order valence-electron chi connectivity index (χ3n) is 3.72. The number of aliphatic hydroxyl groups is 1. The molecule has 2 heterocycles. The summed E-state index contributed by atoms with van der Waals surface area (Å²) in [6.07, 6.45) is 1.62. The number of nitro groups is 1. The molecular formula is C18H17FN6O3. The number of hydrogen-bond donors (Lipinski definition) is 3. The second-order valence-corrected chi connectivity index (χ2v) is 5.95. The number of hydrogen-bond acceptors (Lipinski definition) is 8. The molecule has 0 bridgehead atoms. The largest absolute Gasteiger partial charge is 0.394 e. The molecule has 3 rings (SSSR count). The van der Waals surface area contributed by atoms with Crippen molar-refractivity contribution in [3.63, 3.8) is 0 Å². The molecule has 0 aliphatic carbocycles. The Morgan fingerprint density at radius 1 is 1.21 bits per heavy atom. The molecule has 0 unspecified atom stereocenters. The van der Waals surface area contributed by atoms with Crippen LogP contribution in [0.25, 0.3) is 11.4 Å². The normalized spacial score (nSPS) is 11.7. The molecule has 1 atom stereocenters. The van der Waals surface area contributed by atoms with E-state index in [-0.39, 0.29) is 18.6 Å². The first-order valence-electron chi connectivity index (χ1n) is 8.35. The van der Waals surface area contributed by atoms with Gasteiger partial charge in [0.25, 0.3) is 0 Å². The average Bonchev–Trinajstić information content (AvgIpc) is 2.69. The van der Waals surface area contributed by atoms with E-state index in [2.05, 4.69) is 25.6 Å². The molecule has 0 aliphatic rings. The van der Waals surface area contributed by atoms with Crippen molar-refractivity contribution in [1.82, 2.24) is 15.0 Å². The van der Waals surface area contributed by atoms with Crippen LogP contribution in [0.3, 0.4) is 0 Å². The van der Waals surface area contributed by atoms with Crippen molar-refractivity contribution < 1.29 is 14.4 Å². The predicted molar refractivity (Wildman–Crippen MR) is 102 cm³/mol. The van der Waals surface area contributed by atoms with Gasteiger partial charge in [0, 0.05) is 30.1 Å². The van der Waals surface area contributed by atoms with Crippen molar-refractivity contribution in [3.8, 4) is 11.4 Å². The van der Waals surface area contributed by atoms with Crippen LogP contribution >= 0.6 is 0 Å². The molecular weight excluding hydrogens is 367 g/mol. The fourth-order valence-electron chi connectivity index (χ4n) is 2.37. The molecule has 144 valence electrons. The number of nitrogens with zero attached hydrogens (tertiary/aromatic N) is 4. The summed E-state index contributed by atoms with van der Waals surface area (Å²) in [6.45, 7) is 1.64. The first-order chi connectivity index (χ1) is 13.5. The Balaban J connectivity index is 1.98. The van der Waals surface area contributed by atoms with Crippen LogP contribution in [0.4, 0.5) is 27.5 Å². The van der Waals surface area contributed by atoms with Crippen LogP contribution in [0.1, 0.15) is 6.92 Å². The fraction of sp³-hybridized carbons (Fsp3) is 0.167. The molecule has 3 N–H and O–H groups in total. The summed E-state index contributed by atoms with van der Waals surface area (Å²) in [7, 11) is 0. The van der Waals surface area contributed by atoms with Gasteiger partial charge in [-0.25, -0.2) is 4.98 Å². The Labute approximate surface area is 159 Å². The first kappa shape index (κ1) is 19.1. The first-order valence-corrected chi connectivity index (χ1v) is 8.35. The van der Waals surface area contributed by atoms with Gasteiger partial charge in [0.2, 0.25) is 11.8 Å². The van der Waals surface area contributed by atoms with Gasteiger partial charge in [-0.05, 0) is 31.2 Å². The van der Waals surface area contributed by atoms with Crippen molar-refractivity contribution in [1.29, 1.82) is 0 Å². The van der Waals surface area contributed by atoms with Crippen LogP contribution in [0.5, 0.6) is 0 Å². The topological polar surface area (TPSA) is 126 Å². The number of halogens is 1. The van der Waals surface area contributed by atoms with Crippen molar-refractivity contribution in [2.45, 2.75) is 13.0 Å². The molecule has 10 heteroatoms. The van der Waals surface area contributed by atoms with Crippen LogP contribution in [-0.4, -0.2) is 37.6 Å². The zero-order valence-corrected chi connectivity index (χ0v) is 14.8. The van der Waals surface area contributed by atoms with E-state index >= 15 is 0 Å². The van der Waals surface area contributed by atoms with Gasteiger partial charge in [-0.2, -0.15) is 9.37 Å². The number of benzene rings is 1. The molecule has 0 saturated carbocycles. The molecule has 0 aliphatic heterocycles. The Hall–Kier alpha value is -3.66. The molecule has 0 fully saturated rings. The van der Waals surface area contributed by atoms with Gasteiger partial charge < -0.3 is 15.7 Å². The highest BCUT2D eigenvalue weighted by Crippen LogP contribution is 2.26. The number of aliphatic hydroxyl groups excluding tert-OH is 1. The molecule has 3 aromatic rings. The minimum atomic E-state index is -0.925. The summed E-state index contributed by atoms with van der Waals surface area (Å²) < 4.78 is 13.6. The minimum absolute atomic E-state index is 0.121. The molecule has 28 heavy (non-hydrogen) atoms. The number of nitrogens with one attached hydrogen (secondary N) is 2. The van der Waals surface area contributed by atoms with Gasteiger partial charge in [0.05, 0.1) is 22.9 Å². The summed E-state index contributed by atoms with van der Waals surface area (Å²) >= 11 is 0. The minimum Gasteiger partial charge on any atom is -0.394 e. The maximum Gasteiger partial charge on any atom is 0.306 e. The van der Waals surface area contributed by atoms with E-state index in [0.717, 1.165) is 12.1 Å². The number of aromatic nitrogens is 3. The number of pyridine rings is 1. The maximum atomic E-state index is 13.6. The molecule has 0 saturated heterocycles. The summed E-state index contributed by atoms with van der Waals surface area (Å²) in [6, 6.07) is 10.1. The van der Waals surface area contributed by atoms with E-state index in [0.29, 0.717) is 22.9 Å². The number of anilines is 3. The van der Waals surface area contributed by atoms with Gasteiger partial charge in [-0.1, -0.05) is 6.07 Å². The lowest BCUT2D eigenvalue weighted by molar-refractivity contribution is -0.387. The van der Waals surface area contributed by atoms with Crippen molar-refractivity contribution in [3.05, 3.63) is 64.6 Å². The third kappa shape index (κ3) is 4.54. The lowest BCUT2D eigenvalue weighted by Crippen LogP contribution is -2.21. The van der Waals surface area contributed by atoms with E-state index in [1.54, 1.807) is 31.3 Å². The fourth-order valence-corrected chi connectivity index (χ4v) is 2.37. The Bertz CT molecular complexity index is 986. The lowest BCUT2D eigenvalue weighted by atomic mass is 10.2. The standard InChI is InChI=1S/C18H17FN6O3/c1-11(10-26)21-18-23-15(14-4-2-3-7-20-14)9-17(24-18)22-12-5-6-13(19)16(8-12)25(27)28/h2-9,11,26H,10H2,1H3,(H2,21,22,23,24)/t11-/m0/s1. The van der Waals surface area contributed by atoms with Crippen molar-refractivity contribution in [2.75, 3.05) is 17.2 Å². The summed E-state index contributed by atoms with van der Waals surface area (Å²) in [5, 5.41) is 26.1. The van der Waals surface area contributed by atoms with E-state index in [4.69, 9.17) is 0 Å². The Morgan fingerprint density at radius 2 is 2.04 bits per heavy atom. The van der Waals surface area contributed by atoms with Gasteiger partial charge in [-0.15, -0.1) is 0 Å². The molecule has 2 aromatic heterocycles. The molecule has 0 spiro atoms. The van der Waals surface area contributed by atoms with Crippen LogP contribution in [0, 0.1) is 15.9 Å². The molecule has 0 radical (unpaired) electrons. The average molecular weight is 384 g/mol. The van der Waals surface area contributed by atoms with Gasteiger partial charge >= 0.3 is 5.69 Å². The van der Waals surface area contributed by atoms with E-state index < -0.39 is 16.4 Å². The van der Waals surface area contributed by atoms with E-state index in [1.807, 2.05) is 6.07 Å². The highest BCUT2D eigenvalue weighted by molar-refractivity contribution is 5.66. The van der Waals surface area contributed by atoms with Gasteiger partial charge in [0.15, 0.2) is 0 Å². The molecule has 0 amide bonds. The van der Waals surface area contributed by atoms with Gasteiger partial charge in [0.1, 0.15) is 5.82 Å². The van der Waals surface area contributed by atoms with Crippen molar-refractivity contribution in [2.24, 2.45) is 0 Å². The summed E-state index contributed by atoms with van der Waals surface area (Å²) in [4.78, 5) is 23.1. The smallest absolute Gasteiger partial charge is 0.306 e. The Morgan fingerprint density at radius 3 is 2.71 bits per heavy atom. The lowest BCUT2D eigenvalue weighted by Gasteiger charge is -2.14. The number of nitro benzene ring substituents is 1. The predicted octanol–water partition coefficient (Wildman–Crippen LogP) is 3.12. The highest BCUT2D eigenvalue weighted by Gasteiger charge is 2.15. The van der Waals surface area contributed by atoms with Crippen LogP contribution < -0.4 is 10.6 Å². The van der Waals surface area contributed by atoms with E-state index in [9.17, 15) is 19.6 Å². The maximum absolute atomic E-state index is 13.6. The third-order valence-corrected chi connectivity index (χ3v) is 3.72. The van der Waals surface area contributed by atoms with Gasteiger partial charge in [-0.3, -0.25) is 15.1 Å². The van der Waals surface area contributed by atoms with Crippen LogP contribution in [0.15, 0.2) is 48.7 Å². The molecule has 9 nitrogen and oxygen atoms in total. The van der Waals surface area contributed by atoms with Crippen molar-refractivity contribution >= 4 is 23.1 Å². The highest BCUT2D eigenvalue weighted by atomic mass is 19.1. The SMILES string of the molecule is C[C@@H](CO)Nc1nc(Nc2ccc(F)c([N+](=O)[O-])c2)cc(-c2ccccn2)n1. The van der Waals surface area contributed by atoms with Crippen LogP contribution in [-0.2, 0) is 0 Å². The second-order valence-electron chi connectivity index (χ2n) is 5.95. The second kappa shape index (κ2) is 8.35. The summed E-state index contributed by atoms with van der Waals surface area (Å²) in [5.41, 5.74) is 0.747. The zero-order chi connectivity index (χ0) is 20.1. The Kier molecular flexibility index (Phi) is 5.70. The monoisotopic (exact) mass is 384 g/mol.